The van der Waals surface area contributed by atoms with E-state index >= 15 is 0 Å². The van der Waals surface area contributed by atoms with Gasteiger partial charge in [-0.2, -0.15) is 0 Å². The minimum Gasteiger partial charge on any atom is -0.350 e. The van der Waals surface area contributed by atoms with Crippen molar-refractivity contribution in [3.8, 4) is 0 Å². The van der Waals surface area contributed by atoms with Crippen molar-refractivity contribution in [2.75, 3.05) is 13.1 Å². The topological polar surface area (TPSA) is 61.4 Å². The van der Waals surface area contributed by atoms with E-state index in [2.05, 4.69) is 26.6 Å². The Bertz CT molecular complexity index is 595. The Morgan fingerprint density at radius 2 is 2.05 bits per heavy atom. The zero-order valence-electron chi connectivity index (χ0n) is 12.6. The molecule has 1 aliphatic carbocycles. The summed E-state index contributed by atoms with van der Waals surface area (Å²) >= 11 is 3.44. The summed E-state index contributed by atoms with van der Waals surface area (Å²) in [5, 5.41) is 5.92. The van der Waals surface area contributed by atoms with Crippen LogP contribution in [0.15, 0.2) is 22.7 Å². The molecule has 0 atom stereocenters. The lowest BCUT2D eigenvalue weighted by Crippen LogP contribution is -2.63. The fraction of sp³-hybridized carbons (Fsp3) is 0.500. The first kappa shape index (κ1) is 15.3. The highest BCUT2D eigenvalue weighted by molar-refractivity contribution is 9.10. The van der Waals surface area contributed by atoms with Crippen LogP contribution < -0.4 is 10.6 Å². The van der Waals surface area contributed by atoms with Crippen LogP contribution in [0.5, 0.6) is 0 Å². The predicted octanol–water partition coefficient (Wildman–Crippen LogP) is 2.18. The average molecular weight is 366 g/mol. The average Bonchev–Trinajstić information content (AvgIpc) is 3.27. The van der Waals surface area contributed by atoms with E-state index in [-0.39, 0.29) is 23.9 Å². The van der Waals surface area contributed by atoms with Crippen molar-refractivity contribution in [3.05, 3.63) is 33.8 Å². The van der Waals surface area contributed by atoms with Gasteiger partial charge in [-0.1, -0.05) is 22.0 Å². The van der Waals surface area contributed by atoms with Gasteiger partial charge in [0.1, 0.15) is 0 Å². The molecule has 1 aromatic carbocycles. The summed E-state index contributed by atoms with van der Waals surface area (Å²) < 4.78 is 1.01. The van der Waals surface area contributed by atoms with Crippen LogP contribution in [-0.2, 0) is 11.3 Å². The standard InChI is InChI=1S/C16H20BrN3O2/c1-10-2-5-13(17)6-12(10)7-18-16(22)20-8-14(9-20)19-15(21)11-3-4-11/h2,5-6,11,14H,3-4,7-9H2,1H3,(H,18,22)(H,19,21). The van der Waals surface area contributed by atoms with E-state index in [1.165, 1.54) is 0 Å². The number of carbonyl (C=O) groups excluding carboxylic acids is 2. The molecule has 1 saturated carbocycles. The Morgan fingerprint density at radius 1 is 1.32 bits per heavy atom. The van der Waals surface area contributed by atoms with Crippen LogP contribution in [-0.4, -0.2) is 36.0 Å². The number of urea groups is 1. The van der Waals surface area contributed by atoms with Gasteiger partial charge in [0, 0.05) is 30.0 Å². The van der Waals surface area contributed by atoms with Crippen molar-refractivity contribution in [3.63, 3.8) is 0 Å². The van der Waals surface area contributed by atoms with Gasteiger partial charge in [-0.15, -0.1) is 0 Å². The number of likely N-dealkylation sites (tertiary alicyclic amines) is 1. The van der Waals surface area contributed by atoms with E-state index in [9.17, 15) is 9.59 Å². The third-order valence-electron chi connectivity index (χ3n) is 4.20. The second-order valence-corrected chi connectivity index (χ2v) is 7.03. The first-order valence-electron chi connectivity index (χ1n) is 7.61. The molecule has 0 aromatic heterocycles. The molecule has 1 aromatic rings. The molecule has 118 valence electrons. The minimum atomic E-state index is -0.0729. The summed E-state index contributed by atoms with van der Waals surface area (Å²) in [6, 6.07) is 6.08. The van der Waals surface area contributed by atoms with Crippen LogP contribution in [0.1, 0.15) is 24.0 Å². The molecular formula is C16H20BrN3O2. The third kappa shape index (κ3) is 3.61. The highest BCUT2D eigenvalue weighted by atomic mass is 79.9. The minimum absolute atomic E-state index is 0.0729. The number of aryl methyl sites for hydroxylation is 1. The van der Waals surface area contributed by atoms with Crippen LogP contribution >= 0.6 is 15.9 Å². The van der Waals surface area contributed by atoms with E-state index in [4.69, 9.17) is 0 Å². The van der Waals surface area contributed by atoms with Crippen LogP contribution in [0.3, 0.4) is 0 Å². The Kier molecular flexibility index (Phi) is 4.38. The largest absolute Gasteiger partial charge is 0.350 e. The number of amides is 3. The fourth-order valence-corrected chi connectivity index (χ4v) is 2.92. The van der Waals surface area contributed by atoms with Crippen LogP contribution in [0.25, 0.3) is 0 Å². The number of hydrogen-bond donors (Lipinski definition) is 2. The molecule has 2 aliphatic rings. The summed E-state index contributed by atoms with van der Waals surface area (Å²) in [7, 11) is 0. The maximum absolute atomic E-state index is 12.1. The first-order valence-corrected chi connectivity index (χ1v) is 8.40. The lowest BCUT2D eigenvalue weighted by molar-refractivity contribution is -0.123. The molecule has 0 radical (unpaired) electrons. The molecule has 6 heteroatoms. The van der Waals surface area contributed by atoms with Gasteiger partial charge in [-0.3, -0.25) is 4.79 Å². The maximum Gasteiger partial charge on any atom is 0.317 e. The molecule has 0 spiro atoms. The summed E-state index contributed by atoms with van der Waals surface area (Å²) in [5.74, 6) is 0.372. The molecule has 5 nitrogen and oxygen atoms in total. The van der Waals surface area contributed by atoms with E-state index in [0.717, 1.165) is 28.4 Å². The van der Waals surface area contributed by atoms with Crippen molar-refractivity contribution in [2.45, 2.75) is 32.4 Å². The van der Waals surface area contributed by atoms with Gasteiger partial charge in [0.25, 0.3) is 0 Å². The van der Waals surface area contributed by atoms with Gasteiger partial charge in [0.05, 0.1) is 6.04 Å². The molecule has 3 rings (SSSR count). The van der Waals surface area contributed by atoms with Gasteiger partial charge in [-0.05, 0) is 43.0 Å². The van der Waals surface area contributed by atoms with Gasteiger partial charge >= 0.3 is 6.03 Å². The second-order valence-electron chi connectivity index (χ2n) is 6.11. The molecule has 0 unspecified atom stereocenters. The second kappa shape index (κ2) is 6.28. The Morgan fingerprint density at radius 3 is 2.73 bits per heavy atom. The number of carbonyl (C=O) groups is 2. The number of nitrogens with zero attached hydrogens (tertiary/aromatic N) is 1. The third-order valence-corrected chi connectivity index (χ3v) is 4.70. The normalized spacial score (nSPS) is 17.8. The van der Waals surface area contributed by atoms with Crippen LogP contribution in [0.2, 0.25) is 0 Å². The lowest BCUT2D eigenvalue weighted by atomic mass is 10.1. The zero-order valence-corrected chi connectivity index (χ0v) is 14.1. The van der Waals surface area contributed by atoms with Crippen molar-refractivity contribution in [1.29, 1.82) is 0 Å². The quantitative estimate of drug-likeness (QED) is 0.858. The van der Waals surface area contributed by atoms with Gasteiger partial charge in [0.2, 0.25) is 5.91 Å². The lowest BCUT2D eigenvalue weighted by Gasteiger charge is -2.39. The highest BCUT2D eigenvalue weighted by Crippen LogP contribution is 2.29. The van der Waals surface area contributed by atoms with Gasteiger partial charge in [0.15, 0.2) is 0 Å². The molecule has 2 fully saturated rings. The molecule has 1 aliphatic heterocycles. The van der Waals surface area contributed by atoms with Crippen LogP contribution in [0, 0.1) is 12.8 Å². The molecule has 1 heterocycles. The Balaban J connectivity index is 1.41. The predicted molar refractivity (Wildman–Crippen MR) is 87.3 cm³/mol. The van der Waals surface area contributed by atoms with E-state index in [1.807, 2.05) is 25.1 Å². The van der Waals surface area contributed by atoms with Crippen molar-refractivity contribution >= 4 is 27.9 Å². The molecule has 3 amide bonds. The molecular weight excluding hydrogens is 346 g/mol. The molecule has 22 heavy (non-hydrogen) atoms. The fourth-order valence-electron chi connectivity index (χ4n) is 2.51. The summed E-state index contributed by atoms with van der Waals surface area (Å²) in [6.07, 6.45) is 2.02. The van der Waals surface area contributed by atoms with Crippen molar-refractivity contribution in [2.24, 2.45) is 5.92 Å². The Labute approximate surface area is 138 Å². The monoisotopic (exact) mass is 365 g/mol. The highest BCUT2D eigenvalue weighted by Gasteiger charge is 2.36. The van der Waals surface area contributed by atoms with Gasteiger partial charge in [-0.25, -0.2) is 4.79 Å². The zero-order chi connectivity index (χ0) is 15.7. The first-order chi connectivity index (χ1) is 10.5. The number of rotatable bonds is 4. The van der Waals surface area contributed by atoms with E-state index in [1.54, 1.807) is 4.90 Å². The molecule has 2 N–H and O–H groups in total. The summed E-state index contributed by atoms with van der Waals surface area (Å²) in [4.78, 5) is 25.4. The maximum atomic E-state index is 12.1. The molecule has 1 saturated heterocycles. The van der Waals surface area contributed by atoms with Gasteiger partial charge < -0.3 is 15.5 Å². The summed E-state index contributed by atoms with van der Waals surface area (Å²) in [6.45, 7) is 3.74. The number of benzene rings is 1. The van der Waals surface area contributed by atoms with Crippen molar-refractivity contribution in [1.82, 2.24) is 15.5 Å². The number of hydrogen-bond acceptors (Lipinski definition) is 2. The van der Waals surface area contributed by atoms with E-state index in [0.29, 0.717) is 19.6 Å². The SMILES string of the molecule is Cc1ccc(Br)cc1CNC(=O)N1CC(NC(=O)C2CC2)C1. The van der Waals surface area contributed by atoms with Crippen molar-refractivity contribution < 1.29 is 9.59 Å². The van der Waals surface area contributed by atoms with E-state index < -0.39 is 0 Å². The smallest absolute Gasteiger partial charge is 0.317 e. The Hall–Kier alpha value is -1.56. The van der Waals surface area contributed by atoms with Crippen LogP contribution in [0.4, 0.5) is 4.79 Å². The number of halogens is 1. The summed E-state index contributed by atoms with van der Waals surface area (Å²) in [5.41, 5.74) is 2.25. The number of nitrogens with one attached hydrogen (secondary N) is 2. The molecule has 0 bridgehead atoms.